The van der Waals surface area contributed by atoms with Crippen molar-refractivity contribution in [3.05, 3.63) is 58.4 Å². The summed E-state index contributed by atoms with van der Waals surface area (Å²) in [4.78, 5) is 0.946. The van der Waals surface area contributed by atoms with Crippen LogP contribution in [0.15, 0.2) is 41.3 Å². The van der Waals surface area contributed by atoms with Gasteiger partial charge in [-0.15, -0.1) is 11.8 Å². The van der Waals surface area contributed by atoms with Gasteiger partial charge in [0.1, 0.15) is 5.82 Å². The summed E-state index contributed by atoms with van der Waals surface area (Å²) in [6, 6.07) is 11.6. The maximum absolute atomic E-state index is 13.3. The number of nitrogen functional groups attached to an aromatic ring is 1. The van der Waals surface area contributed by atoms with Crippen LogP contribution in [0.4, 0.5) is 10.1 Å². The van der Waals surface area contributed by atoms with Crippen molar-refractivity contribution in [2.45, 2.75) is 10.6 Å². The minimum Gasteiger partial charge on any atom is -0.398 e. The molecule has 0 spiro atoms. The Morgan fingerprint density at radius 3 is 2.74 bits per heavy atom. The fraction of sp³-hybridized carbons (Fsp3) is 0.0714. The zero-order chi connectivity index (χ0) is 13.8. The number of halogens is 2. The maximum Gasteiger partial charge on any atom is 0.124 e. The number of anilines is 1. The summed E-state index contributed by atoms with van der Waals surface area (Å²) in [6.45, 7) is 0. The van der Waals surface area contributed by atoms with E-state index in [0.29, 0.717) is 22.0 Å². The van der Waals surface area contributed by atoms with Crippen molar-refractivity contribution in [1.82, 2.24) is 0 Å². The molecule has 2 aromatic rings. The molecule has 0 fully saturated rings. The van der Waals surface area contributed by atoms with Gasteiger partial charge >= 0.3 is 0 Å². The summed E-state index contributed by atoms with van der Waals surface area (Å²) < 4.78 is 13.3. The molecule has 0 aliphatic heterocycles. The number of nitrogens with zero attached hydrogens (tertiary/aromatic N) is 1. The first-order valence-corrected chi connectivity index (χ1v) is 6.82. The van der Waals surface area contributed by atoms with Crippen molar-refractivity contribution >= 4 is 29.1 Å². The minimum atomic E-state index is -0.398. The lowest BCUT2D eigenvalue weighted by atomic mass is 10.1. The first kappa shape index (κ1) is 13.7. The molecule has 5 heteroatoms. The third kappa shape index (κ3) is 3.63. The maximum atomic E-state index is 13.3. The lowest BCUT2D eigenvalue weighted by Gasteiger charge is -2.05. The molecule has 2 nitrogen and oxygen atoms in total. The molecule has 0 unspecified atom stereocenters. The second-order valence-electron chi connectivity index (χ2n) is 3.93. The van der Waals surface area contributed by atoms with E-state index in [4.69, 9.17) is 22.6 Å². The summed E-state index contributed by atoms with van der Waals surface area (Å²) in [5.41, 5.74) is 7.24. The number of benzene rings is 2. The number of hydrogen-bond donors (Lipinski definition) is 1. The second kappa shape index (κ2) is 5.96. The van der Waals surface area contributed by atoms with E-state index < -0.39 is 5.82 Å². The van der Waals surface area contributed by atoms with Gasteiger partial charge in [0.15, 0.2) is 0 Å². The lowest BCUT2D eigenvalue weighted by molar-refractivity contribution is 0.626. The molecule has 96 valence electrons. The van der Waals surface area contributed by atoms with Gasteiger partial charge in [0.25, 0.3) is 0 Å². The molecule has 0 atom stereocenters. The van der Waals surface area contributed by atoms with Crippen molar-refractivity contribution < 1.29 is 4.39 Å². The molecule has 0 heterocycles. The highest BCUT2D eigenvalue weighted by Gasteiger charge is 2.03. The summed E-state index contributed by atoms with van der Waals surface area (Å²) in [5.74, 6) is 0.164. The van der Waals surface area contributed by atoms with Crippen LogP contribution in [-0.4, -0.2) is 0 Å². The predicted octanol–water partition coefficient (Wildman–Crippen LogP) is 4.23. The van der Waals surface area contributed by atoms with Gasteiger partial charge in [-0.1, -0.05) is 11.6 Å². The highest BCUT2D eigenvalue weighted by molar-refractivity contribution is 7.98. The van der Waals surface area contributed by atoms with E-state index in [-0.39, 0.29) is 0 Å². The number of nitriles is 1. The van der Waals surface area contributed by atoms with E-state index >= 15 is 0 Å². The number of rotatable bonds is 3. The first-order valence-electron chi connectivity index (χ1n) is 5.46. The predicted molar refractivity (Wildman–Crippen MR) is 76.5 cm³/mol. The second-order valence-corrected chi connectivity index (χ2v) is 5.39. The molecule has 0 bridgehead atoms. The monoisotopic (exact) mass is 292 g/mol. The van der Waals surface area contributed by atoms with Gasteiger partial charge in [-0.2, -0.15) is 5.26 Å². The molecule has 0 amide bonds. The molecule has 0 saturated heterocycles. The van der Waals surface area contributed by atoms with E-state index in [2.05, 4.69) is 0 Å². The van der Waals surface area contributed by atoms with E-state index in [0.717, 1.165) is 10.5 Å². The lowest BCUT2D eigenvalue weighted by Crippen LogP contribution is -1.88. The zero-order valence-corrected chi connectivity index (χ0v) is 11.4. The van der Waals surface area contributed by atoms with E-state index in [9.17, 15) is 4.39 Å². The van der Waals surface area contributed by atoms with Gasteiger partial charge in [-0.3, -0.25) is 0 Å². The van der Waals surface area contributed by atoms with Crippen molar-refractivity contribution in [2.75, 3.05) is 5.73 Å². The highest BCUT2D eigenvalue weighted by Crippen LogP contribution is 2.28. The van der Waals surface area contributed by atoms with Crippen LogP contribution in [0.5, 0.6) is 0 Å². The first-order chi connectivity index (χ1) is 9.08. The molecule has 0 aliphatic carbocycles. The summed E-state index contributed by atoms with van der Waals surface area (Å²) >= 11 is 7.44. The third-order valence-electron chi connectivity index (χ3n) is 2.46. The Balaban J connectivity index is 2.12. The molecule has 0 radical (unpaired) electrons. The Hall–Kier alpha value is -1.70. The van der Waals surface area contributed by atoms with Crippen molar-refractivity contribution in [2.24, 2.45) is 0 Å². The molecule has 2 aromatic carbocycles. The van der Waals surface area contributed by atoms with Gasteiger partial charge in [-0.25, -0.2) is 4.39 Å². The van der Waals surface area contributed by atoms with Crippen molar-refractivity contribution in [3.63, 3.8) is 0 Å². The summed E-state index contributed by atoms with van der Waals surface area (Å²) in [6.07, 6.45) is 0. The normalized spacial score (nSPS) is 10.2. The van der Waals surface area contributed by atoms with E-state index in [1.54, 1.807) is 18.2 Å². The topological polar surface area (TPSA) is 49.8 Å². The average molecular weight is 293 g/mol. The smallest absolute Gasteiger partial charge is 0.124 e. The zero-order valence-electron chi connectivity index (χ0n) is 9.86. The molecule has 0 saturated carbocycles. The van der Waals surface area contributed by atoms with Crippen LogP contribution in [0, 0.1) is 17.1 Å². The Morgan fingerprint density at radius 2 is 2.05 bits per heavy atom. The Kier molecular flexibility index (Phi) is 4.31. The molecular formula is C14H10ClFN2S. The quantitative estimate of drug-likeness (QED) is 0.680. The van der Waals surface area contributed by atoms with E-state index in [1.165, 1.54) is 23.9 Å². The van der Waals surface area contributed by atoms with Crippen LogP contribution in [0.25, 0.3) is 0 Å². The summed E-state index contributed by atoms with van der Waals surface area (Å²) in [7, 11) is 0. The molecule has 0 aliphatic rings. The van der Waals surface area contributed by atoms with Gasteiger partial charge in [0.05, 0.1) is 22.3 Å². The van der Waals surface area contributed by atoms with Gasteiger partial charge in [-0.05, 0) is 42.0 Å². The Labute approximate surface area is 120 Å². The number of hydrogen-bond acceptors (Lipinski definition) is 3. The molecule has 2 rings (SSSR count). The number of nitrogens with two attached hydrogens (primary N) is 1. The largest absolute Gasteiger partial charge is 0.398 e. The van der Waals surface area contributed by atoms with Gasteiger partial charge < -0.3 is 5.73 Å². The van der Waals surface area contributed by atoms with Crippen molar-refractivity contribution in [3.8, 4) is 6.07 Å². The molecule has 0 aromatic heterocycles. The Morgan fingerprint density at radius 1 is 1.26 bits per heavy atom. The van der Waals surface area contributed by atoms with E-state index in [1.807, 2.05) is 12.1 Å². The third-order valence-corrected chi connectivity index (χ3v) is 3.86. The summed E-state index contributed by atoms with van der Waals surface area (Å²) in [5, 5.41) is 9.29. The molecule has 2 N–H and O–H groups in total. The van der Waals surface area contributed by atoms with Gasteiger partial charge in [0, 0.05) is 10.6 Å². The fourth-order valence-corrected chi connectivity index (χ4v) is 2.67. The molecule has 19 heavy (non-hydrogen) atoms. The van der Waals surface area contributed by atoms with Crippen LogP contribution < -0.4 is 5.73 Å². The van der Waals surface area contributed by atoms with Gasteiger partial charge in [0.2, 0.25) is 0 Å². The minimum absolute atomic E-state index is 0.325. The van der Waals surface area contributed by atoms with Crippen LogP contribution in [0.2, 0.25) is 5.02 Å². The van der Waals surface area contributed by atoms with Crippen LogP contribution in [-0.2, 0) is 5.75 Å². The van der Waals surface area contributed by atoms with Crippen LogP contribution >= 0.6 is 23.4 Å². The Bertz CT molecular complexity index is 652. The van der Waals surface area contributed by atoms with Crippen molar-refractivity contribution in [1.29, 1.82) is 5.26 Å². The fourth-order valence-electron chi connectivity index (χ4n) is 1.56. The average Bonchev–Trinajstić information content (AvgIpc) is 2.39. The highest BCUT2D eigenvalue weighted by atomic mass is 35.5. The van der Waals surface area contributed by atoms with Crippen LogP contribution in [0.3, 0.4) is 0 Å². The standard InChI is InChI=1S/C14H10ClFN2S/c15-13-6-12(1-2-14(13)18)19-8-10-3-9(7-17)4-11(16)5-10/h1-6H,8,18H2. The number of thioether (sulfide) groups is 1. The molecular weight excluding hydrogens is 283 g/mol. The SMILES string of the molecule is N#Cc1cc(F)cc(CSc2ccc(N)c(Cl)c2)c1. The van der Waals surface area contributed by atoms with Crippen LogP contribution in [0.1, 0.15) is 11.1 Å².